The summed E-state index contributed by atoms with van der Waals surface area (Å²) < 4.78 is 5.34. The molecule has 3 rings (SSSR count). The van der Waals surface area contributed by atoms with E-state index in [-0.39, 0.29) is 12.5 Å². The highest BCUT2D eigenvalue weighted by Crippen LogP contribution is 2.33. The Morgan fingerprint density at radius 2 is 1.85 bits per heavy atom. The summed E-state index contributed by atoms with van der Waals surface area (Å²) in [4.78, 5) is 25.4. The fourth-order valence-corrected chi connectivity index (χ4v) is 3.33. The number of benzene rings is 2. The van der Waals surface area contributed by atoms with Crippen LogP contribution in [-0.2, 0) is 16.1 Å². The van der Waals surface area contributed by atoms with Gasteiger partial charge in [0.05, 0.1) is 0 Å². The van der Waals surface area contributed by atoms with Crippen LogP contribution in [0.1, 0.15) is 34.6 Å². The molecule has 0 radical (unpaired) electrons. The standard InChI is InChI=1S/C21H23NO4/c1-14-8-9-17(10-15(14)2)18-11-19(20(23)24)22(12-18)21(25)26-13-16-6-4-3-5-7-16/h3-10,18-19H,11-13H2,1-2H3,(H,23,24)/t18-,19+/m1/s1. The van der Waals surface area contributed by atoms with Crippen molar-refractivity contribution < 1.29 is 19.4 Å². The highest BCUT2D eigenvalue weighted by molar-refractivity contribution is 5.81. The van der Waals surface area contributed by atoms with Gasteiger partial charge in [0.25, 0.3) is 0 Å². The molecule has 136 valence electrons. The molecule has 2 aromatic rings. The van der Waals surface area contributed by atoms with Gasteiger partial charge in [0.15, 0.2) is 0 Å². The van der Waals surface area contributed by atoms with E-state index in [2.05, 4.69) is 6.07 Å². The molecule has 0 aliphatic carbocycles. The van der Waals surface area contributed by atoms with Gasteiger partial charge in [-0.15, -0.1) is 0 Å². The molecule has 1 saturated heterocycles. The van der Waals surface area contributed by atoms with Crippen LogP contribution in [0.2, 0.25) is 0 Å². The van der Waals surface area contributed by atoms with Gasteiger partial charge in [0, 0.05) is 12.5 Å². The summed E-state index contributed by atoms with van der Waals surface area (Å²) in [6.45, 7) is 4.57. The fraction of sp³-hybridized carbons (Fsp3) is 0.333. The maximum absolute atomic E-state index is 12.5. The first-order valence-electron chi connectivity index (χ1n) is 8.73. The zero-order valence-corrected chi connectivity index (χ0v) is 15.0. The molecular weight excluding hydrogens is 330 g/mol. The van der Waals surface area contributed by atoms with E-state index in [1.165, 1.54) is 16.0 Å². The van der Waals surface area contributed by atoms with Crippen molar-refractivity contribution in [3.8, 4) is 0 Å². The SMILES string of the molecule is Cc1ccc([C@@H]2C[C@@H](C(=O)O)N(C(=O)OCc3ccccc3)C2)cc1C. The maximum atomic E-state index is 12.5. The molecule has 1 N–H and O–H groups in total. The van der Waals surface area contributed by atoms with E-state index < -0.39 is 18.1 Å². The Balaban J connectivity index is 1.71. The van der Waals surface area contributed by atoms with Crippen molar-refractivity contribution in [3.63, 3.8) is 0 Å². The minimum atomic E-state index is -0.993. The van der Waals surface area contributed by atoms with Gasteiger partial charge < -0.3 is 9.84 Å². The predicted molar refractivity (Wildman–Crippen MR) is 98.0 cm³/mol. The Kier molecular flexibility index (Phi) is 5.26. The number of nitrogens with zero attached hydrogens (tertiary/aromatic N) is 1. The van der Waals surface area contributed by atoms with Crippen molar-refractivity contribution in [1.82, 2.24) is 4.90 Å². The Bertz CT molecular complexity index is 803. The molecule has 2 aromatic carbocycles. The molecular formula is C21H23NO4. The number of hydrogen-bond acceptors (Lipinski definition) is 3. The second kappa shape index (κ2) is 7.60. The molecule has 0 saturated carbocycles. The number of carbonyl (C=O) groups excluding carboxylic acids is 1. The third-order valence-corrected chi connectivity index (χ3v) is 5.03. The van der Waals surface area contributed by atoms with E-state index in [0.717, 1.165) is 11.1 Å². The number of amides is 1. The summed E-state index contributed by atoms with van der Waals surface area (Å²) in [5, 5.41) is 9.53. The lowest BCUT2D eigenvalue weighted by molar-refractivity contribution is -0.141. The van der Waals surface area contributed by atoms with Crippen LogP contribution in [0.25, 0.3) is 0 Å². The van der Waals surface area contributed by atoms with E-state index in [4.69, 9.17) is 4.74 Å². The summed E-state index contributed by atoms with van der Waals surface area (Å²) in [5.41, 5.74) is 4.30. The number of carboxylic acids is 1. The van der Waals surface area contributed by atoms with Crippen molar-refractivity contribution >= 4 is 12.1 Å². The lowest BCUT2D eigenvalue weighted by atomic mass is 9.93. The Hall–Kier alpha value is -2.82. The molecule has 1 amide bonds. The van der Waals surface area contributed by atoms with Crippen LogP contribution < -0.4 is 0 Å². The monoisotopic (exact) mass is 353 g/mol. The normalized spacial score (nSPS) is 19.4. The van der Waals surface area contributed by atoms with Crippen LogP contribution in [0.15, 0.2) is 48.5 Å². The number of carboxylic acid groups (broad SMARTS) is 1. The van der Waals surface area contributed by atoms with E-state index in [1.54, 1.807) is 0 Å². The average Bonchev–Trinajstić information content (AvgIpc) is 3.09. The summed E-state index contributed by atoms with van der Waals surface area (Å²) in [6.07, 6.45) is -0.175. The molecule has 1 fully saturated rings. The summed E-state index contributed by atoms with van der Waals surface area (Å²) in [7, 11) is 0. The topological polar surface area (TPSA) is 66.8 Å². The third-order valence-electron chi connectivity index (χ3n) is 5.03. The minimum absolute atomic E-state index is 0.000301. The Morgan fingerprint density at radius 3 is 2.50 bits per heavy atom. The quantitative estimate of drug-likeness (QED) is 0.906. The highest BCUT2D eigenvalue weighted by atomic mass is 16.6. The zero-order chi connectivity index (χ0) is 18.7. The maximum Gasteiger partial charge on any atom is 0.410 e. The van der Waals surface area contributed by atoms with E-state index >= 15 is 0 Å². The van der Waals surface area contributed by atoms with Gasteiger partial charge in [-0.25, -0.2) is 9.59 Å². The molecule has 1 aliphatic rings. The molecule has 2 atom stereocenters. The number of likely N-dealkylation sites (tertiary alicyclic amines) is 1. The van der Waals surface area contributed by atoms with Crippen LogP contribution in [0, 0.1) is 13.8 Å². The first-order chi connectivity index (χ1) is 12.5. The molecule has 0 spiro atoms. The van der Waals surface area contributed by atoms with Crippen LogP contribution in [0.4, 0.5) is 4.79 Å². The average molecular weight is 353 g/mol. The van der Waals surface area contributed by atoms with Gasteiger partial charge in [-0.3, -0.25) is 4.90 Å². The third kappa shape index (κ3) is 3.87. The second-order valence-corrected chi connectivity index (χ2v) is 6.82. The van der Waals surface area contributed by atoms with E-state index in [9.17, 15) is 14.7 Å². The van der Waals surface area contributed by atoms with Gasteiger partial charge in [-0.1, -0.05) is 48.5 Å². The number of aliphatic carboxylic acids is 1. The number of hydrogen-bond donors (Lipinski definition) is 1. The van der Waals surface area contributed by atoms with Crippen LogP contribution in [-0.4, -0.2) is 34.7 Å². The minimum Gasteiger partial charge on any atom is -0.480 e. The van der Waals surface area contributed by atoms with Crippen molar-refractivity contribution in [2.24, 2.45) is 0 Å². The van der Waals surface area contributed by atoms with Gasteiger partial charge in [0.1, 0.15) is 12.6 Å². The van der Waals surface area contributed by atoms with Gasteiger partial charge in [-0.2, -0.15) is 0 Å². The highest BCUT2D eigenvalue weighted by Gasteiger charge is 2.41. The fourth-order valence-electron chi connectivity index (χ4n) is 3.33. The van der Waals surface area contributed by atoms with Gasteiger partial charge in [0.2, 0.25) is 0 Å². The number of carbonyl (C=O) groups is 2. The Labute approximate surface area is 153 Å². The van der Waals surface area contributed by atoms with E-state index in [1.807, 2.05) is 56.3 Å². The van der Waals surface area contributed by atoms with Crippen molar-refractivity contribution in [1.29, 1.82) is 0 Å². The molecule has 0 unspecified atom stereocenters. The lowest BCUT2D eigenvalue weighted by Gasteiger charge is -2.21. The van der Waals surface area contributed by atoms with E-state index in [0.29, 0.717) is 13.0 Å². The second-order valence-electron chi connectivity index (χ2n) is 6.82. The number of rotatable bonds is 4. The molecule has 26 heavy (non-hydrogen) atoms. The molecule has 5 heteroatoms. The van der Waals surface area contributed by atoms with Crippen LogP contribution >= 0.6 is 0 Å². The van der Waals surface area contributed by atoms with Crippen molar-refractivity contribution in [2.45, 2.75) is 38.8 Å². The zero-order valence-electron chi connectivity index (χ0n) is 15.0. The predicted octanol–water partition coefficient (Wildman–Crippen LogP) is 3.88. The molecule has 5 nitrogen and oxygen atoms in total. The number of ether oxygens (including phenoxy) is 1. The molecule has 0 aromatic heterocycles. The summed E-state index contributed by atoms with van der Waals surface area (Å²) >= 11 is 0. The summed E-state index contributed by atoms with van der Waals surface area (Å²) in [6, 6.07) is 14.6. The largest absolute Gasteiger partial charge is 0.480 e. The molecule has 1 heterocycles. The van der Waals surface area contributed by atoms with Crippen LogP contribution in [0.3, 0.4) is 0 Å². The number of aryl methyl sites for hydroxylation is 2. The van der Waals surface area contributed by atoms with Crippen molar-refractivity contribution in [3.05, 3.63) is 70.8 Å². The van der Waals surface area contributed by atoms with Crippen molar-refractivity contribution in [2.75, 3.05) is 6.54 Å². The smallest absolute Gasteiger partial charge is 0.410 e. The first kappa shape index (κ1) is 18.0. The van der Waals surface area contributed by atoms with Gasteiger partial charge in [-0.05, 0) is 42.5 Å². The van der Waals surface area contributed by atoms with Crippen LogP contribution in [0.5, 0.6) is 0 Å². The molecule has 0 bridgehead atoms. The summed E-state index contributed by atoms with van der Waals surface area (Å²) in [5.74, 6) is -0.993. The Morgan fingerprint density at radius 1 is 1.12 bits per heavy atom. The lowest BCUT2D eigenvalue weighted by Crippen LogP contribution is -2.40. The first-order valence-corrected chi connectivity index (χ1v) is 8.73. The van der Waals surface area contributed by atoms with Gasteiger partial charge >= 0.3 is 12.1 Å². The molecule has 1 aliphatic heterocycles.